The van der Waals surface area contributed by atoms with Crippen molar-refractivity contribution in [1.29, 1.82) is 0 Å². The molecule has 9 rings (SSSR count). The molecule has 0 radical (unpaired) electrons. The summed E-state index contributed by atoms with van der Waals surface area (Å²) in [5.41, 5.74) is 10.6. The van der Waals surface area contributed by atoms with E-state index in [1.54, 1.807) is 0 Å². The molecule has 0 N–H and O–H groups in total. The first-order valence-corrected chi connectivity index (χ1v) is 13.5. The van der Waals surface area contributed by atoms with E-state index in [0.717, 1.165) is 88.1 Å². The van der Waals surface area contributed by atoms with Gasteiger partial charge in [0.25, 0.3) is 0 Å². The Morgan fingerprint density at radius 3 is 1.55 bits per heavy atom. The number of aryl methyl sites for hydroxylation is 1. The molecule has 9 aromatic rings. The van der Waals surface area contributed by atoms with E-state index in [1.807, 2.05) is 36.4 Å². The van der Waals surface area contributed by atoms with Gasteiger partial charge in [-0.05, 0) is 42.3 Å². The zero-order valence-corrected chi connectivity index (χ0v) is 21.7. The van der Waals surface area contributed by atoms with Crippen LogP contribution in [0.2, 0.25) is 0 Å². The fraction of sp³-hybridized carbons (Fsp3) is 0.0270. The Balaban J connectivity index is 1.40. The Kier molecular flexibility index (Phi) is 4.26. The predicted molar refractivity (Wildman–Crippen MR) is 164 cm³/mol. The summed E-state index contributed by atoms with van der Waals surface area (Å²) in [5, 5.41) is 6.66. The van der Waals surface area contributed by atoms with Gasteiger partial charge in [-0.1, -0.05) is 91.0 Å². The lowest BCUT2D eigenvalue weighted by atomic mass is 9.92. The van der Waals surface area contributed by atoms with Crippen molar-refractivity contribution in [3.8, 4) is 22.3 Å². The highest BCUT2D eigenvalue weighted by atomic mass is 16.3. The number of hydrogen-bond acceptors (Lipinski definition) is 3. The summed E-state index contributed by atoms with van der Waals surface area (Å²) in [4.78, 5) is 0. The number of rotatable bonds is 2. The first-order valence-electron chi connectivity index (χ1n) is 13.5. The zero-order valence-electron chi connectivity index (χ0n) is 21.7. The second kappa shape index (κ2) is 7.87. The summed E-state index contributed by atoms with van der Waals surface area (Å²) in [6.45, 7) is 2.14. The molecule has 40 heavy (non-hydrogen) atoms. The average molecular weight is 515 g/mol. The summed E-state index contributed by atoms with van der Waals surface area (Å²) in [6.07, 6.45) is 0. The van der Waals surface area contributed by atoms with Crippen molar-refractivity contribution in [2.45, 2.75) is 6.92 Å². The third-order valence-electron chi connectivity index (χ3n) is 8.25. The molecule has 0 atom stereocenters. The minimum Gasteiger partial charge on any atom is -0.455 e. The predicted octanol–water partition coefficient (Wildman–Crippen LogP) is 11.0. The molecule has 0 spiro atoms. The van der Waals surface area contributed by atoms with Crippen LogP contribution in [0.4, 0.5) is 0 Å². The maximum Gasteiger partial charge on any atom is 0.144 e. The van der Waals surface area contributed by atoms with Crippen LogP contribution < -0.4 is 0 Å². The van der Waals surface area contributed by atoms with Crippen LogP contribution in [-0.2, 0) is 0 Å². The lowest BCUT2D eigenvalue weighted by molar-refractivity contribution is 0.665. The molecule has 3 aromatic heterocycles. The molecule has 0 fully saturated rings. The molecule has 3 heteroatoms. The van der Waals surface area contributed by atoms with Crippen molar-refractivity contribution in [2.24, 2.45) is 0 Å². The average Bonchev–Trinajstić information content (AvgIpc) is 3.69. The Hall–Kier alpha value is -5.28. The van der Waals surface area contributed by atoms with Gasteiger partial charge in [0.05, 0.1) is 0 Å². The number of benzene rings is 6. The molecule has 0 aliphatic carbocycles. The molecule has 0 saturated heterocycles. The molecule has 0 unspecified atom stereocenters. The summed E-state index contributed by atoms with van der Waals surface area (Å²) >= 11 is 0. The van der Waals surface area contributed by atoms with Crippen LogP contribution in [0.3, 0.4) is 0 Å². The second-order valence-electron chi connectivity index (χ2n) is 10.5. The maximum absolute atomic E-state index is 6.65. The highest BCUT2D eigenvalue weighted by Gasteiger charge is 2.22. The second-order valence-corrected chi connectivity index (χ2v) is 10.5. The van der Waals surface area contributed by atoms with Crippen LogP contribution in [0.5, 0.6) is 0 Å². The fourth-order valence-corrected chi connectivity index (χ4v) is 6.43. The first-order chi connectivity index (χ1) is 19.8. The Morgan fingerprint density at radius 1 is 0.350 bits per heavy atom. The largest absolute Gasteiger partial charge is 0.455 e. The minimum absolute atomic E-state index is 0.845. The molecule has 188 valence electrons. The smallest absolute Gasteiger partial charge is 0.144 e. The van der Waals surface area contributed by atoms with Crippen LogP contribution in [0.1, 0.15) is 5.56 Å². The van der Waals surface area contributed by atoms with Gasteiger partial charge < -0.3 is 13.3 Å². The normalized spacial score (nSPS) is 12.1. The monoisotopic (exact) mass is 514 g/mol. The van der Waals surface area contributed by atoms with Crippen molar-refractivity contribution >= 4 is 65.8 Å². The molecular weight excluding hydrogens is 492 g/mol. The molecular formula is C37H22O3. The van der Waals surface area contributed by atoms with Crippen LogP contribution in [0.15, 0.2) is 129 Å². The maximum atomic E-state index is 6.65. The summed E-state index contributed by atoms with van der Waals surface area (Å²) in [5.74, 6) is 0. The number of hydrogen-bond donors (Lipinski definition) is 0. The van der Waals surface area contributed by atoms with Gasteiger partial charge in [-0.25, -0.2) is 0 Å². The molecule has 0 aliphatic rings. The zero-order chi connectivity index (χ0) is 26.4. The quantitative estimate of drug-likeness (QED) is 0.230. The van der Waals surface area contributed by atoms with Crippen LogP contribution in [0.25, 0.3) is 88.1 Å². The molecule has 0 saturated carbocycles. The van der Waals surface area contributed by atoms with E-state index in [2.05, 4.69) is 85.8 Å². The van der Waals surface area contributed by atoms with E-state index in [-0.39, 0.29) is 0 Å². The highest BCUT2D eigenvalue weighted by Crippen LogP contribution is 2.46. The van der Waals surface area contributed by atoms with E-state index < -0.39 is 0 Å². The van der Waals surface area contributed by atoms with Gasteiger partial charge >= 0.3 is 0 Å². The summed E-state index contributed by atoms with van der Waals surface area (Å²) in [7, 11) is 0. The van der Waals surface area contributed by atoms with Crippen LogP contribution in [-0.4, -0.2) is 0 Å². The molecule has 3 nitrogen and oxygen atoms in total. The molecule has 3 heterocycles. The van der Waals surface area contributed by atoms with E-state index in [9.17, 15) is 0 Å². The van der Waals surface area contributed by atoms with E-state index in [4.69, 9.17) is 13.3 Å². The lowest BCUT2D eigenvalue weighted by Gasteiger charge is -2.10. The van der Waals surface area contributed by atoms with Crippen molar-refractivity contribution in [2.75, 3.05) is 0 Å². The standard InChI is InChI=1S/C37H22O3/c1-21-17-18-26(36-33(21)28-10-3-6-15-31(28)39-36)27-20-19-23(34-29-11-4-7-16-32(29)40-37(27)34)25-13-8-12-24-22-9-2-5-14-30(22)38-35(24)25/h2-20H,1H3. The van der Waals surface area contributed by atoms with Gasteiger partial charge in [0.1, 0.15) is 33.5 Å². The van der Waals surface area contributed by atoms with Gasteiger partial charge in [0, 0.05) is 49.0 Å². The molecule has 6 aromatic carbocycles. The van der Waals surface area contributed by atoms with Crippen molar-refractivity contribution in [1.82, 2.24) is 0 Å². The fourth-order valence-electron chi connectivity index (χ4n) is 6.43. The summed E-state index contributed by atoms with van der Waals surface area (Å²) in [6, 6.07) is 39.8. The molecule has 0 amide bonds. The highest BCUT2D eigenvalue weighted by molar-refractivity contribution is 6.21. The number of para-hydroxylation sites is 4. The minimum atomic E-state index is 0.845. The number of fused-ring (bicyclic) bond motifs is 9. The first kappa shape index (κ1) is 21.6. The lowest BCUT2D eigenvalue weighted by Crippen LogP contribution is -1.86. The van der Waals surface area contributed by atoms with Crippen LogP contribution in [0, 0.1) is 6.92 Å². The Bertz CT molecular complexity index is 2450. The van der Waals surface area contributed by atoms with Gasteiger partial charge in [-0.3, -0.25) is 0 Å². The topological polar surface area (TPSA) is 39.4 Å². The summed E-state index contributed by atoms with van der Waals surface area (Å²) < 4.78 is 19.6. The third-order valence-corrected chi connectivity index (χ3v) is 8.25. The third kappa shape index (κ3) is 2.84. The SMILES string of the molecule is Cc1ccc(-c2ccc(-c3cccc4c3oc3ccccc34)c3c2oc2ccccc23)c2oc3ccccc3c12. The van der Waals surface area contributed by atoms with Gasteiger partial charge in [0.2, 0.25) is 0 Å². The van der Waals surface area contributed by atoms with Crippen LogP contribution >= 0.6 is 0 Å². The van der Waals surface area contributed by atoms with Crippen molar-refractivity contribution < 1.29 is 13.3 Å². The van der Waals surface area contributed by atoms with E-state index in [0.29, 0.717) is 0 Å². The van der Waals surface area contributed by atoms with E-state index in [1.165, 1.54) is 5.56 Å². The van der Waals surface area contributed by atoms with Gasteiger partial charge in [0.15, 0.2) is 0 Å². The van der Waals surface area contributed by atoms with Gasteiger partial charge in [-0.2, -0.15) is 0 Å². The van der Waals surface area contributed by atoms with Gasteiger partial charge in [-0.15, -0.1) is 0 Å². The Morgan fingerprint density at radius 2 is 0.825 bits per heavy atom. The van der Waals surface area contributed by atoms with E-state index >= 15 is 0 Å². The Labute approximate surface area is 228 Å². The molecule has 0 bridgehead atoms. The van der Waals surface area contributed by atoms with Crippen molar-refractivity contribution in [3.05, 3.63) is 121 Å². The molecule has 0 aliphatic heterocycles. The number of furan rings is 3. The van der Waals surface area contributed by atoms with Crippen molar-refractivity contribution in [3.63, 3.8) is 0 Å².